The summed E-state index contributed by atoms with van der Waals surface area (Å²) in [5, 5.41) is 3.90. The van der Waals surface area contributed by atoms with Gasteiger partial charge in [0, 0.05) is 43.2 Å². The van der Waals surface area contributed by atoms with Crippen LogP contribution in [0.15, 0.2) is 0 Å². The molecule has 0 unspecified atom stereocenters. The van der Waals surface area contributed by atoms with Gasteiger partial charge in [-0.15, -0.1) is 0 Å². The van der Waals surface area contributed by atoms with E-state index in [1.54, 1.807) is 0 Å². The average Bonchev–Trinajstić information content (AvgIpc) is 2.36. The molecule has 2 heterocycles. The third kappa shape index (κ3) is 3.73. The Labute approximate surface area is 118 Å². The highest BCUT2D eigenvalue weighted by Gasteiger charge is 2.11. The second kappa shape index (κ2) is 6.59. The summed E-state index contributed by atoms with van der Waals surface area (Å²) >= 11 is 8.08. The predicted molar refractivity (Wildman–Crippen MR) is 78.8 cm³/mol. The molecule has 1 aromatic rings. The number of anilines is 1. The molecule has 6 heteroatoms. The highest BCUT2D eigenvalue weighted by atomic mass is 35.5. The fourth-order valence-electron chi connectivity index (χ4n) is 1.92. The van der Waals surface area contributed by atoms with E-state index in [0.717, 1.165) is 24.5 Å². The van der Waals surface area contributed by atoms with E-state index in [2.05, 4.69) is 20.2 Å². The van der Waals surface area contributed by atoms with Crippen molar-refractivity contribution in [2.75, 3.05) is 43.0 Å². The third-order valence-corrected chi connectivity index (χ3v) is 4.33. The zero-order chi connectivity index (χ0) is 13.0. The molecule has 0 bridgehead atoms. The average molecular weight is 287 g/mol. The molecule has 18 heavy (non-hydrogen) atoms. The topological polar surface area (TPSA) is 41.1 Å². The van der Waals surface area contributed by atoms with Gasteiger partial charge in [0.05, 0.1) is 0 Å². The zero-order valence-electron chi connectivity index (χ0n) is 10.9. The summed E-state index contributed by atoms with van der Waals surface area (Å²) in [6.07, 6.45) is 0. The van der Waals surface area contributed by atoms with Crippen LogP contribution >= 0.6 is 23.4 Å². The van der Waals surface area contributed by atoms with Gasteiger partial charge in [0.1, 0.15) is 16.8 Å². The van der Waals surface area contributed by atoms with Gasteiger partial charge in [-0.2, -0.15) is 11.8 Å². The molecule has 0 aliphatic carbocycles. The number of nitrogens with one attached hydrogen (secondary N) is 1. The van der Waals surface area contributed by atoms with Crippen LogP contribution in [0.25, 0.3) is 0 Å². The monoisotopic (exact) mass is 286 g/mol. The van der Waals surface area contributed by atoms with Gasteiger partial charge in [-0.1, -0.05) is 11.6 Å². The normalized spacial score (nSPS) is 16.8. The maximum Gasteiger partial charge on any atom is 0.137 e. The Morgan fingerprint density at radius 2 is 2.00 bits per heavy atom. The summed E-state index contributed by atoms with van der Waals surface area (Å²) in [4.78, 5) is 11.0. The minimum atomic E-state index is 0.541. The molecule has 2 rings (SSSR count). The first-order valence-corrected chi connectivity index (χ1v) is 7.75. The van der Waals surface area contributed by atoms with Crippen molar-refractivity contribution in [3.63, 3.8) is 0 Å². The Morgan fingerprint density at radius 1 is 1.28 bits per heavy atom. The fraction of sp³-hybridized carbons (Fsp3) is 0.667. The van der Waals surface area contributed by atoms with Crippen LogP contribution < -0.4 is 5.32 Å². The van der Waals surface area contributed by atoms with Crippen molar-refractivity contribution in [1.29, 1.82) is 0 Å². The first-order valence-electron chi connectivity index (χ1n) is 6.21. The quantitative estimate of drug-likeness (QED) is 0.860. The van der Waals surface area contributed by atoms with Gasteiger partial charge in [-0.3, -0.25) is 4.90 Å². The Kier molecular flexibility index (Phi) is 5.09. The lowest BCUT2D eigenvalue weighted by atomic mass is 10.3. The van der Waals surface area contributed by atoms with E-state index >= 15 is 0 Å². The van der Waals surface area contributed by atoms with Gasteiger partial charge < -0.3 is 5.32 Å². The summed E-state index contributed by atoms with van der Waals surface area (Å²) in [6.45, 7) is 8.14. The van der Waals surface area contributed by atoms with Crippen molar-refractivity contribution in [3.8, 4) is 0 Å². The van der Waals surface area contributed by atoms with Crippen LogP contribution in [0.5, 0.6) is 0 Å². The van der Waals surface area contributed by atoms with Crippen LogP contribution in [0.4, 0.5) is 5.82 Å². The second-order valence-electron chi connectivity index (χ2n) is 4.42. The van der Waals surface area contributed by atoms with Crippen molar-refractivity contribution in [2.24, 2.45) is 0 Å². The van der Waals surface area contributed by atoms with Gasteiger partial charge in [0.25, 0.3) is 0 Å². The van der Waals surface area contributed by atoms with Crippen molar-refractivity contribution in [3.05, 3.63) is 16.5 Å². The molecule has 1 saturated heterocycles. The zero-order valence-corrected chi connectivity index (χ0v) is 12.4. The lowest BCUT2D eigenvalue weighted by Gasteiger charge is -2.26. The molecule has 1 aliphatic heterocycles. The molecule has 1 fully saturated rings. The standard InChI is InChI=1S/C12H19ClN4S/c1-9-11(13)15-10(2)16-12(9)14-3-4-17-5-7-18-8-6-17/h3-8H2,1-2H3,(H,14,15,16). The van der Waals surface area contributed by atoms with E-state index in [0.29, 0.717) is 11.0 Å². The lowest BCUT2D eigenvalue weighted by Crippen LogP contribution is -2.36. The summed E-state index contributed by atoms with van der Waals surface area (Å²) in [5.41, 5.74) is 0.927. The summed E-state index contributed by atoms with van der Waals surface area (Å²) in [7, 11) is 0. The van der Waals surface area contributed by atoms with Crippen LogP contribution in [0.2, 0.25) is 5.15 Å². The minimum absolute atomic E-state index is 0.541. The van der Waals surface area contributed by atoms with Crippen LogP contribution in [0.3, 0.4) is 0 Å². The molecule has 0 saturated carbocycles. The van der Waals surface area contributed by atoms with Gasteiger partial charge >= 0.3 is 0 Å². The smallest absolute Gasteiger partial charge is 0.137 e. The van der Waals surface area contributed by atoms with E-state index in [9.17, 15) is 0 Å². The minimum Gasteiger partial charge on any atom is -0.368 e. The molecule has 0 atom stereocenters. The van der Waals surface area contributed by atoms with Crippen molar-refractivity contribution in [1.82, 2.24) is 14.9 Å². The van der Waals surface area contributed by atoms with Crippen molar-refractivity contribution < 1.29 is 0 Å². The van der Waals surface area contributed by atoms with E-state index in [4.69, 9.17) is 11.6 Å². The third-order valence-electron chi connectivity index (χ3n) is 3.02. The number of nitrogens with zero attached hydrogens (tertiary/aromatic N) is 3. The number of aryl methyl sites for hydroxylation is 1. The Hall–Kier alpha value is -0.520. The Balaban J connectivity index is 1.86. The van der Waals surface area contributed by atoms with E-state index in [1.165, 1.54) is 24.6 Å². The molecule has 0 amide bonds. The van der Waals surface area contributed by atoms with Crippen molar-refractivity contribution in [2.45, 2.75) is 13.8 Å². The lowest BCUT2D eigenvalue weighted by molar-refractivity contribution is 0.314. The molecular formula is C12H19ClN4S. The summed E-state index contributed by atoms with van der Waals surface area (Å²) in [5.74, 6) is 4.07. The first kappa shape index (κ1) is 13.9. The Bertz CT molecular complexity index is 407. The molecule has 100 valence electrons. The highest BCUT2D eigenvalue weighted by molar-refractivity contribution is 7.99. The maximum atomic E-state index is 6.04. The summed E-state index contributed by atoms with van der Waals surface area (Å²) < 4.78 is 0. The van der Waals surface area contributed by atoms with Gasteiger partial charge in [0.15, 0.2) is 0 Å². The Morgan fingerprint density at radius 3 is 2.72 bits per heavy atom. The number of hydrogen-bond acceptors (Lipinski definition) is 5. The molecule has 1 N–H and O–H groups in total. The van der Waals surface area contributed by atoms with Crippen molar-refractivity contribution >= 4 is 29.2 Å². The SMILES string of the molecule is Cc1nc(Cl)c(C)c(NCCN2CCSCC2)n1. The number of thioether (sulfide) groups is 1. The van der Waals surface area contributed by atoms with Crippen LogP contribution in [0, 0.1) is 13.8 Å². The maximum absolute atomic E-state index is 6.04. The highest BCUT2D eigenvalue weighted by Crippen LogP contribution is 2.19. The number of rotatable bonds is 4. The molecule has 0 radical (unpaired) electrons. The fourth-order valence-corrected chi connectivity index (χ4v) is 3.11. The number of halogens is 1. The first-order chi connectivity index (χ1) is 8.66. The molecule has 1 aromatic heterocycles. The van der Waals surface area contributed by atoms with E-state index < -0.39 is 0 Å². The summed E-state index contributed by atoms with van der Waals surface area (Å²) in [6, 6.07) is 0. The van der Waals surface area contributed by atoms with Gasteiger partial charge in [-0.05, 0) is 13.8 Å². The number of aromatic nitrogens is 2. The molecule has 1 aliphatic rings. The van der Waals surface area contributed by atoms with Gasteiger partial charge in [0.2, 0.25) is 0 Å². The second-order valence-corrected chi connectivity index (χ2v) is 6.00. The van der Waals surface area contributed by atoms with E-state index in [1.807, 2.05) is 25.6 Å². The molecule has 0 spiro atoms. The van der Waals surface area contributed by atoms with Crippen LogP contribution in [-0.4, -0.2) is 52.6 Å². The largest absolute Gasteiger partial charge is 0.368 e. The van der Waals surface area contributed by atoms with Crippen LogP contribution in [0.1, 0.15) is 11.4 Å². The molecule has 4 nitrogen and oxygen atoms in total. The van der Waals surface area contributed by atoms with Gasteiger partial charge in [-0.25, -0.2) is 9.97 Å². The van der Waals surface area contributed by atoms with E-state index in [-0.39, 0.29) is 0 Å². The predicted octanol–water partition coefficient (Wildman–Crippen LogP) is 2.21. The molecule has 0 aromatic carbocycles. The van der Waals surface area contributed by atoms with Crippen LogP contribution in [-0.2, 0) is 0 Å². The number of hydrogen-bond donors (Lipinski definition) is 1. The molecular weight excluding hydrogens is 268 g/mol.